The van der Waals surface area contributed by atoms with Crippen molar-refractivity contribution in [2.75, 3.05) is 0 Å². The highest BCUT2D eigenvalue weighted by Crippen LogP contribution is 2.09. The van der Waals surface area contributed by atoms with Gasteiger partial charge in [-0.3, -0.25) is 0 Å². The van der Waals surface area contributed by atoms with E-state index in [1.165, 1.54) is 5.56 Å². The number of unbranched alkanes of at least 4 members (excludes halogenated alkanes) is 1. The predicted octanol–water partition coefficient (Wildman–Crippen LogP) is 3.56. The van der Waals surface area contributed by atoms with Crippen LogP contribution in [-0.4, -0.2) is 11.7 Å². The number of nitrogens with zero attached hydrogens (tertiary/aromatic N) is 1. The van der Waals surface area contributed by atoms with Crippen LogP contribution in [0.5, 0.6) is 0 Å². The lowest BCUT2D eigenvalue weighted by Crippen LogP contribution is -2.32. The normalized spacial score (nSPS) is 10.7. The molecule has 1 aromatic rings. The summed E-state index contributed by atoms with van der Waals surface area (Å²) < 4.78 is 5.17. The third-order valence-electron chi connectivity index (χ3n) is 2.61. The Morgan fingerprint density at radius 3 is 2.40 bits per heavy atom. The van der Waals surface area contributed by atoms with Crippen molar-refractivity contribution in [2.24, 2.45) is 0 Å². The molecule has 0 aliphatic heterocycles. The van der Waals surface area contributed by atoms with Crippen molar-refractivity contribution >= 4 is 6.09 Å². The van der Waals surface area contributed by atoms with Crippen molar-refractivity contribution < 1.29 is 9.53 Å². The molecule has 0 bridgehead atoms. The van der Waals surface area contributed by atoms with Gasteiger partial charge in [0, 0.05) is 13.0 Å². The van der Waals surface area contributed by atoms with Crippen LogP contribution in [0.3, 0.4) is 0 Å². The van der Waals surface area contributed by atoms with Gasteiger partial charge in [0.2, 0.25) is 0 Å². The van der Waals surface area contributed by atoms with Gasteiger partial charge in [-0.25, -0.2) is 4.79 Å². The maximum Gasteiger partial charge on any atom is 0.407 e. The molecule has 0 atom stereocenters. The molecular formula is C16H22N2O2. The fourth-order valence-electron chi connectivity index (χ4n) is 1.68. The zero-order valence-electron chi connectivity index (χ0n) is 12.4. The summed E-state index contributed by atoms with van der Waals surface area (Å²) in [6, 6.07) is 10.2. The standard InChI is InChI=1S/C16H22N2O2/c1-16(2,3)20-15(19)18-12-14-9-7-13(8-10-14)6-4-5-11-17/h7-10H,4-6,12H2,1-3H3,(H,18,19). The molecule has 0 saturated heterocycles. The molecule has 4 nitrogen and oxygen atoms in total. The third kappa shape index (κ3) is 6.79. The molecular weight excluding hydrogens is 252 g/mol. The lowest BCUT2D eigenvalue weighted by atomic mass is 10.1. The predicted molar refractivity (Wildman–Crippen MR) is 78.1 cm³/mol. The molecule has 0 radical (unpaired) electrons. The topological polar surface area (TPSA) is 62.1 Å². The van der Waals surface area contributed by atoms with E-state index in [-0.39, 0.29) is 0 Å². The van der Waals surface area contributed by atoms with Gasteiger partial charge in [-0.1, -0.05) is 24.3 Å². The van der Waals surface area contributed by atoms with E-state index < -0.39 is 11.7 Å². The van der Waals surface area contributed by atoms with Crippen LogP contribution >= 0.6 is 0 Å². The Bertz CT molecular complexity index is 467. The first-order valence-electron chi connectivity index (χ1n) is 6.82. The fraction of sp³-hybridized carbons (Fsp3) is 0.500. The van der Waals surface area contributed by atoms with Gasteiger partial charge in [-0.05, 0) is 44.7 Å². The second kappa shape index (κ2) is 7.54. The van der Waals surface area contributed by atoms with Gasteiger partial charge in [-0.15, -0.1) is 0 Å². The highest BCUT2D eigenvalue weighted by Gasteiger charge is 2.15. The smallest absolute Gasteiger partial charge is 0.407 e. The number of alkyl carbamates (subject to hydrolysis) is 1. The number of hydrogen-bond acceptors (Lipinski definition) is 3. The van der Waals surface area contributed by atoms with Gasteiger partial charge in [0.1, 0.15) is 5.60 Å². The summed E-state index contributed by atoms with van der Waals surface area (Å²) >= 11 is 0. The van der Waals surface area contributed by atoms with E-state index in [0.29, 0.717) is 13.0 Å². The van der Waals surface area contributed by atoms with E-state index in [9.17, 15) is 4.79 Å². The molecule has 1 aromatic carbocycles. The summed E-state index contributed by atoms with van der Waals surface area (Å²) in [6.07, 6.45) is 1.97. The van der Waals surface area contributed by atoms with Crippen LogP contribution in [0.2, 0.25) is 0 Å². The number of aryl methyl sites for hydroxylation is 1. The third-order valence-corrected chi connectivity index (χ3v) is 2.61. The lowest BCUT2D eigenvalue weighted by Gasteiger charge is -2.19. The monoisotopic (exact) mass is 274 g/mol. The quantitative estimate of drug-likeness (QED) is 0.835. The summed E-state index contributed by atoms with van der Waals surface area (Å²) in [5.74, 6) is 0. The number of carbonyl (C=O) groups is 1. The molecule has 0 aliphatic carbocycles. The number of hydrogen-bond donors (Lipinski definition) is 1. The minimum absolute atomic E-state index is 0.407. The Morgan fingerprint density at radius 2 is 1.85 bits per heavy atom. The molecule has 0 unspecified atom stereocenters. The number of rotatable bonds is 5. The first kappa shape index (κ1) is 16.0. The van der Waals surface area contributed by atoms with Crippen LogP contribution < -0.4 is 5.32 Å². The van der Waals surface area contributed by atoms with Crippen molar-refractivity contribution in [1.82, 2.24) is 5.32 Å². The zero-order chi connectivity index (χ0) is 15.0. The molecule has 0 fully saturated rings. The summed E-state index contributed by atoms with van der Waals surface area (Å²) in [7, 11) is 0. The number of ether oxygens (including phenoxy) is 1. The highest BCUT2D eigenvalue weighted by molar-refractivity contribution is 5.67. The van der Waals surface area contributed by atoms with Gasteiger partial charge in [-0.2, -0.15) is 5.26 Å². The summed E-state index contributed by atoms with van der Waals surface area (Å²) in [6.45, 7) is 5.96. The Morgan fingerprint density at radius 1 is 1.25 bits per heavy atom. The van der Waals surface area contributed by atoms with Crippen molar-refractivity contribution in [2.45, 2.75) is 52.2 Å². The number of nitriles is 1. The molecule has 0 saturated carbocycles. The van der Waals surface area contributed by atoms with Crippen molar-refractivity contribution in [3.8, 4) is 6.07 Å². The molecule has 0 spiro atoms. The van der Waals surface area contributed by atoms with E-state index >= 15 is 0 Å². The van der Waals surface area contributed by atoms with Crippen LogP contribution in [0, 0.1) is 11.3 Å². The lowest BCUT2D eigenvalue weighted by molar-refractivity contribution is 0.0523. The molecule has 20 heavy (non-hydrogen) atoms. The minimum Gasteiger partial charge on any atom is -0.444 e. The van der Waals surface area contributed by atoms with E-state index in [1.54, 1.807) is 0 Å². The average molecular weight is 274 g/mol. The first-order chi connectivity index (χ1) is 9.40. The van der Waals surface area contributed by atoms with Crippen LogP contribution in [0.25, 0.3) is 0 Å². The molecule has 1 amide bonds. The van der Waals surface area contributed by atoms with Crippen molar-refractivity contribution in [3.05, 3.63) is 35.4 Å². The van der Waals surface area contributed by atoms with Gasteiger partial charge < -0.3 is 10.1 Å². The van der Waals surface area contributed by atoms with E-state index in [0.717, 1.165) is 18.4 Å². The molecule has 1 rings (SSSR count). The summed E-state index contributed by atoms with van der Waals surface area (Å²) in [5.41, 5.74) is 1.76. The maximum absolute atomic E-state index is 11.5. The second-order valence-corrected chi connectivity index (χ2v) is 5.68. The van der Waals surface area contributed by atoms with E-state index in [4.69, 9.17) is 10.00 Å². The average Bonchev–Trinajstić information content (AvgIpc) is 2.36. The largest absolute Gasteiger partial charge is 0.444 e. The Kier molecular flexibility index (Phi) is 6.05. The molecule has 0 aromatic heterocycles. The number of nitrogens with one attached hydrogen (secondary N) is 1. The zero-order valence-corrected chi connectivity index (χ0v) is 12.4. The first-order valence-corrected chi connectivity index (χ1v) is 6.82. The number of amides is 1. The minimum atomic E-state index is -0.477. The van der Waals surface area contributed by atoms with Crippen LogP contribution in [0.15, 0.2) is 24.3 Å². The van der Waals surface area contributed by atoms with Gasteiger partial charge in [0.25, 0.3) is 0 Å². The van der Waals surface area contributed by atoms with Gasteiger partial charge >= 0.3 is 6.09 Å². The summed E-state index contributed by atoms with van der Waals surface area (Å²) in [4.78, 5) is 11.5. The molecule has 4 heteroatoms. The van der Waals surface area contributed by atoms with Crippen LogP contribution in [0.1, 0.15) is 44.7 Å². The summed E-state index contributed by atoms with van der Waals surface area (Å²) in [5, 5.41) is 11.2. The molecule has 0 aliphatic rings. The Labute approximate surface area is 120 Å². The molecule has 108 valence electrons. The maximum atomic E-state index is 11.5. The SMILES string of the molecule is CC(C)(C)OC(=O)NCc1ccc(CCCC#N)cc1. The Hall–Kier alpha value is -2.02. The van der Waals surface area contributed by atoms with Gasteiger partial charge in [0.15, 0.2) is 0 Å². The highest BCUT2D eigenvalue weighted by atomic mass is 16.6. The van der Waals surface area contributed by atoms with Crippen molar-refractivity contribution in [1.29, 1.82) is 5.26 Å². The molecule has 0 heterocycles. The fourth-order valence-corrected chi connectivity index (χ4v) is 1.68. The van der Waals surface area contributed by atoms with Gasteiger partial charge in [0.05, 0.1) is 6.07 Å². The van der Waals surface area contributed by atoms with Crippen molar-refractivity contribution in [3.63, 3.8) is 0 Å². The molecule has 1 N–H and O–H groups in total. The Balaban J connectivity index is 2.38. The number of carbonyl (C=O) groups excluding carboxylic acids is 1. The van der Waals surface area contributed by atoms with E-state index in [2.05, 4.69) is 11.4 Å². The second-order valence-electron chi connectivity index (χ2n) is 5.68. The number of benzene rings is 1. The van der Waals surface area contributed by atoms with E-state index in [1.807, 2.05) is 45.0 Å². The van der Waals surface area contributed by atoms with Crippen LogP contribution in [0.4, 0.5) is 4.79 Å². The van der Waals surface area contributed by atoms with Crippen LogP contribution in [-0.2, 0) is 17.7 Å².